The number of fused-ring (bicyclic) bond motifs is 1. The smallest absolute Gasteiger partial charge is 0.115 e. The van der Waals surface area contributed by atoms with E-state index in [0.717, 1.165) is 12.1 Å². The number of aromatic hydroxyl groups is 1. The molecule has 1 aliphatic heterocycles. The molecule has 0 aliphatic carbocycles. The highest BCUT2D eigenvalue weighted by Gasteiger charge is 2.22. The number of para-hydroxylation sites is 1. The van der Waals surface area contributed by atoms with Crippen molar-refractivity contribution >= 4 is 5.69 Å². The van der Waals surface area contributed by atoms with Crippen molar-refractivity contribution < 1.29 is 5.11 Å². The van der Waals surface area contributed by atoms with Crippen LogP contribution in [0.5, 0.6) is 5.75 Å². The molecule has 0 bridgehead atoms. The fourth-order valence-electron chi connectivity index (χ4n) is 2.93. The second-order valence-corrected chi connectivity index (χ2v) is 5.20. The van der Waals surface area contributed by atoms with Crippen molar-refractivity contribution in [1.82, 2.24) is 0 Å². The summed E-state index contributed by atoms with van der Waals surface area (Å²) in [5.74, 6) is 0.342. The van der Waals surface area contributed by atoms with Gasteiger partial charge in [0.2, 0.25) is 0 Å². The van der Waals surface area contributed by atoms with Gasteiger partial charge in [-0.1, -0.05) is 30.3 Å². The Hall–Kier alpha value is -1.96. The molecule has 2 nitrogen and oxygen atoms in total. The molecule has 1 aliphatic rings. The Labute approximate surface area is 114 Å². The first-order valence-corrected chi connectivity index (χ1v) is 6.89. The summed E-state index contributed by atoms with van der Waals surface area (Å²) in [5, 5.41) is 9.64. The normalized spacial score (nSPS) is 15.9. The molecule has 0 spiro atoms. The molecular formula is C17H19NO. The first-order valence-electron chi connectivity index (χ1n) is 6.89. The fraction of sp³-hybridized carbons (Fsp3) is 0.294. The molecule has 0 fully saturated rings. The Morgan fingerprint density at radius 3 is 2.79 bits per heavy atom. The van der Waals surface area contributed by atoms with Gasteiger partial charge in [-0.3, -0.25) is 0 Å². The summed E-state index contributed by atoms with van der Waals surface area (Å²) in [7, 11) is 0. The van der Waals surface area contributed by atoms with Crippen LogP contribution in [0.25, 0.3) is 0 Å². The predicted molar refractivity (Wildman–Crippen MR) is 78.6 cm³/mol. The number of phenolic OH excluding ortho intramolecular Hbond substituents is 1. The lowest BCUT2D eigenvalue weighted by Gasteiger charge is -2.36. The van der Waals surface area contributed by atoms with Crippen LogP contribution >= 0.6 is 0 Å². The summed E-state index contributed by atoms with van der Waals surface area (Å²) in [6.07, 6.45) is 2.36. The fourth-order valence-corrected chi connectivity index (χ4v) is 2.93. The zero-order valence-electron chi connectivity index (χ0n) is 11.2. The molecule has 1 atom stereocenters. The number of rotatable bonds is 2. The largest absolute Gasteiger partial charge is 0.508 e. The third-order valence-corrected chi connectivity index (χ3v) is 3.97. The summed E-state index contributed by atoms with van der Waals surface area (Å²) in [4.78, 5) is 2.44. The third kappa shape index (κ3) is 2.30. The molecule has 0 saturated carbocycles. The standard InChI is InChI=1S/C17H19NO/c1-13(15-7-4-9-16(19)12-15)18-11-5-8-14-6-2-3-10-17(14)18/h2-4,6-7,9-10,12-13,19H,5,8,11H2,1H3. The summed E-state index contributed by atoms with van der Waals surface area (Å²) >= 11 is 0. The van der Waals surface area contributed by atoms with Crippen LogP contribution in [0.4, 0.5) is 5.69 Å². The number of hydrogen-bond acceptors (Lipinski definition) is 2. The lowest BCUT2D eigenvalue weighted by molar-refractivity contribution is 0.473. The highest BCUT2D eigenvalue weighted by Crippen LogP contribution is 2.34. The minimum Gasteiger partial charge on any atom is -0.508 e. The predicted octanol–water partition coefficient (Wildman–Crippen LogP) is 3.91. The van der Waals surface area contributed by atoms with Crippen molar-refractivity contribution in [1.29, 1.82) is 0 Å². The van der Waals surface area contributed by atoms with Gasteiger partial charge in [0.1, 0.15) is 5.75 Å². The lowest BCUT2D eigenvalue weighted by Crippen LogP contribution is -2.31. The van der Waals surface area contributed by atoms with Crippen molar-refractivity contribution in [3.05, 3.63) is 59.7 Å². The number of anilines is 1. The minimum absolute atomic E-state index is 0.286. The van der Waals surface area contributed by atoms with E-state index in [0.29, 0.717) is 5.75 Å². The highest BCUT2D eigenvalue weighted by molar-refractivity contribution is 5.57. The van der Waals surface area contributed by atoms with Crippen LogP contribution in [0.2, 0.25) is 0 Å². The Morgan fingerprint density at radius 2 is 1.95 bits per heavy atom. The van der Waals surface area contributed by atoms with E-state index >= 15 is 0 Å². The maximum atomic E-state index is 9.64. The van der Waals surface area contributed by atoms with Crippen molar-refractivity contribution in [3.8, 4) is 5.75 Å². The molecule has 2 aromatic rings. The van der Waals surface area contributed by atoms with E-state index in [1.165, 1.54) is 24.1 Å². The average molecular weight is 253 g/mol. The Kier molecular flexibility index (Phi) is 3.16. The number of aryl methyl sites for hydroxylation is 1. The summed E-state index contributed by atoms with van der Waals surface area (Å²) in [6, 6.07) is 16.5. The van der Waals surface area contributed by atoms with Crippen LogP contribution in [0, 0.1) is 0 Å². The Balaban J connectivity index is 1.95. The molecule has 0 saturated heterocycles. The summed E-state index contributed by atoms with van der Waals surface area (Å²) in [6.45, 7) is 3.28. The molecule has 98 valence electrons. The zero-order chi connectivity index (χ0) is 13.2. The molecule has 1 N–H and O–H groups in total. The van der Waals surface area contributed by atoms with Gasteiger partial charge in [-0.2, -0.15) is 0 Å². The molecule has 0 radical (unpaired) electrons. The molecule has 19 heavy (non-hydrogen) atoms. The molecule has 3 rings (SSSR count). The van der Waals surface area contributed by atoms with Crippen molar-refractivity contribution in [2.45, 2.75) is 25.8 Å². The molecule has 0 aromatic heterocycles. The number of nitrogens with zero attached hydrogens (tertiary/aromatic N) is 1. The van der Waals surface area contributed by atoms with Gasteiger partial charge in [0.25, 0.3) is 0 Å². The van der Waals surface area contributed by atoms with E-state index < -0.39 is 0 Å². The van der Waals surface area contributed by atoms with Gasteiger partial charge in [0, 0.05) is 12.2 Å². The monoisotopic (exact) mass is 253 g/mol. The van der Waals surface area contributed by atoms with Crippen molar-refractivity contribution in [2.75, 3.05) is 11.4 Å². The van der Waals surface area contributed by atoms with Crippen LogP contribution in [0.15, 0.2) is 48.5 Å². The highest BCUT2D eigenvalue weighted by atomic mass is 16.3. The maximum Gasteiger partial charge on any atom is 0.115 e. The minimum atomic E-state index is 0.286. The second-order valence-electron chi connectivity index (χ2n) is 5.20. The van der Waals surface area contributed by atoms with E-state index in [4.69, 9.17) is 0 Å². The molecular weight excluding hydrogens is 234 g/mol. The second kappa shape index (κ2) is 4.96. The Morgan fingerprint density at radius 1 is 1.11 bits per heavy atom. The van der Waals surface area contributed by atoms with Gasteiger partial charge in [0.05, 0.1) is 6.04 Å². The molecule has 1 heterocycles. The van der Waals surface area contributed by atoms with Crippen LogP contribution in [-0.2, 0) is 6.42 Å². The van der Waals surface area contributed by atoms with Gasteiger partial charge in [0.15, 0.2) is 0 Å². The number of benzene rings is 2. The van der Waals surface area contributed by atoms with Crippen LogP contribution in [0.1, 0.15) is 30.5 Å². The summed E-state index contributed by atoms with van der Waals surface area (Å²) in [5.41, 5.74) is 3.93. The summed E-state index contributed by atoms with van der Waals surface area (Å²) < 4.78 is 0. The van der Waals surface area contributed by atoms with Gasteiger partial charge in [-0.15, -0.1) is 0 Å². The molecule has 2 heteroatoms. The molecule has 1 unspecified atom stereocenters. The van der Waals surface area contributed by atoms with E-state index in [1.54, 1.807) is 6.07 Å². The van der Waals surface area contributed by atoms with Crippen LogP contribution in [-0.4, -0.2) is 11.7 Å². The van der Waals surface area contributed by atoms with Crippen molar-refractivity contribution in [2.24, 2.45) is 0 Å². The molecule has 2 aromatic carbocycles. The van der Waals surface area contributed by atoms with Crippen LogP contribution in [0.3, 0.4) is 0 Å². The van der Waals surface area contributed by atoms with Crippen molar-refractivity contribution in [3.63, 3.8) is 0 Å². The SMILES string of the molecule is CC(c1cccc(O)c1)N1CCCc2ccccc21. The molecule has 0 amide bonds. The first-order chi connectivity index (χ1) is 9.25. The zero-order valence-corrected chi connectivity index (χ0v) is 11.2. The van der Waals surface area contributed by atoms with Gasteiger partial charge in [-0.25, -0.2) is 0 Å². The lowest BCUT2D eigenvalue weighted by atomic mass is 9.98. The Bertz CT molecular complexity index is 579. The van der Waals surface area contributed by atoms with E-state index in [2.05, 4.69) is 42.2 Å². The van der Waals surface area contributed by atoms with E-state index in [1.807, 2.05) is 12.1 Å². The van der Waals surface area contributed by atoms with Gasteiger partial charge >= 0.3 is 0 Å². The number of hydrogen-bond donors (Lipinski definition) is 1. The quantitative estimate of drug-likeness (QED) is 0.877. The topological polar surface area (TPSA) is 23.5 Å². The van der Waals surface area contributed by atoms with E-state index in [9.17, 15) is 5.11 Å². The third-order valence-electron chi connectivity index (χ3n) is 3.97. The number of phenols is 1. The maximum absolute atomic E-state index is 9.64. The van der Waals surface area contributed by atoms with E-state index in [-0.39, 0.29) is 6.04 Å². The average Bonchev–Trinajstić information content (AvgIpc) is 2.46. The van der Waals surface area contributed by atoms with Crippen LogP contribution < -0.4 is 4.90 Å². The van der Waals surface area contributed by atoms with Gasteiger partial charge < -0.3 is 10.0 Å². The first kappa shape index (κ1) is 12.1. The van der Waals surface area contributed by atoms with Gasteiger partial charge in [-0.05, 0) is 49.1 Å².